The molecule has 65 valence electrons. The molecule has 0 saturated heterocycles. The molecule has 0 fully saturated rings. The Morgan fingerprint density at radius 2 is 1.00 bits per heavy atom. The molecule has 0 N–H and O–H groups in total. The predicted molar refractivity (Wildman–Crippen MR) is 9.11 cm³/mol. The van der Waals surface area contributed by atoms with Crippen molar-refractivity contribution in [2.24, 2.45) is 0 Å². The Bertz CT molecular complexity index is 372. The summed E-state index contributed by atoms with van der Waals surface area (Å²) in [6.07, 6.45) is 0. The van der Waals surface area contributed by atoms with E-state index >= 15 is 0 Å². The van der Waals surface area contributed by atoms with E-state index in [0.29, 0.717) is 0 Å². The number of hydrogen-bond acceptors (Lipinski definition) is 3. The van der Waals surface area contributed by atoms with Gasteiger partial charge in [0.1, 0.15) is 0 Å². The molecule has 0 aliphatic carbocycles. The van der Waals surface area contributed by atoms with Crippen LogP contribution >= 0.6 is 0 Å². The van der Waals surface area contributed by atoms with Crippen molar-refractivity contribution in [3.63, 3.8) is 0 Å². The van der Waals surface area contributed by atoms with Gasteiger partial charge in [-0.1, -0.05) is 0 Å². The van der Waals surface area contributed by atoms with E-state index in [1.807, 2.05) is 0 Å². The molecule has 3 nitrogen and oxygen atoms in total. The zero-order valence-electron chi connectivity index (χ0n) is 3.94. The van der Waals surface area contributed by atoms with E-state index in [-0.39, 0.29) is 3.87 Å². The summed E-state index contributed by atoms with van der Waals surface area (Å²) < 4.78 is 80.2. The van der Waals surface area contributed by atoms with Crippen molar-refractivity contribution < 1.29 is 44.9 Å². The van der Waals surface area contributed by atoms with Crippen LogP contribution in [-0.2, 0) is 23.4 Å². The maximum atomic E-state index is 10.7. The van der Waals surface area contributed by atoms with Crippen LogP contribution in [0.15, 0.2) is 0 Å². The molecule has 0 aromatic heterocycles. The van der Waals surface area contributed by atoms with Gasteiger partial charge in [0.15, 0.2) is 0 Å². The summed E-state index contributed by atoms with van der Waals surface area (Å²) in [5.74, 6) is 0. The predicted octanol–water partition coefficient (Wildman–Crippen LogP) is 2.21. The van der Waals surface area contributed by atoms with E-state index in [2.05, 4.69) is 0 Å². The fourth-order valence-corrected chi connectivity index (χ4v) is 0. The van der Waals surface area contributed by atoms with Gasteiger partial charge in [0.05, 0.1) is 0 Å². The summed E-state index contributed by atoms with van der Waals surface area (Å²) in [5.41, 5.74) is 0. The van der Waals surface area contributed by atoms with E-state index in [1.54, 1.807) is 0 Å². The molecule has 10 heteroatoms. The fourth-order valence-electron chi connectivity index (χ4n) is 0. The molecule has 0 rings (SSSR count). The average molecular weight is 213 g/mol. The van der Waals surface area contributed by atoms with Crippen molar-refractivity contribution in [2.75, 3.05) is 0 Å². The van der Waals surface area contributed by atoms with Gasteiger partial charge in [0, 0.05) is 0 Å². The van der Waals surface area contributed by atoms with Crippen LogP contribution in [0.3, 0.4) is 0 Å². The first-order valence-electron chi connectivity index (χ1n) is 1.55. The van der Waals surface area contributed by atoms with Crippen LogP contribution in [-0.4, -0.2) is 0 Å². The Kier molecular flexibility index (Phi) is 0.614. The normalized spacial score (nSPS) is 29.0. The first-order valence-corrected chi connectivity index (χ1v) is 5.90. The van der Waals surface area contributed by atoms with Crippen molar-refractivity contribution in [3.8, 4) is 0 Å². The van der Waals surface area contributed by atoms with Crippen molar-refractivity contribution in [1.29, 1.82) is 0 Å². The van der Waals surface area contributed by atoms with Crippen LogP contribution in [0, 0.1) is 0 Å². The molecule has 0 atom stereocenters. The Hall–Kier alpha value is -0.276. The second-order valence-electron chi connectivity index (χ2n) is 1.97. The van der Waals surface area contributed by atoms with Crippen LogP contribution in [0.4, 0.5) is 21.6 Å². The summed E-state index contributed by atoms with van der Waals surface area (Å²) in [6.45, 7) is 0. The summed E-state index contributed by atoms with van der Waals surface area (Å²) >= 11 is -14.4. The summed E-state index contributed by atoms with van der Waals surface area (Å²) in [6, 6.07) is 0. The standard InChI is InChI=1S/FO.5FH.2O.V/c1-2;;;;;;;;/h;5*1H;;;/q-1;;;;;;;;+6/p-5. The summed E-state index contributed by atoms with van der Waals surface area (Å²) in [7, 11) is 0. The quantitative estimate of drug-likeness (QED) is 0.627. The van der Waals surface area contributed by atoms with E-state index in [4.69, 9.17) is 7.35 Å². The third kappa shape index (κ3) is 7.72. The Morgan fingerprint density at radius 3 is 1.00 bits per heavy atom. The monoisotopic (exact) mass is 213 g/mol. The number of hydrogen-bond donors (Lipinski definition) is 0. The van der Waals surface area contributed by atoms with Gasteiger partial charge in [-0.3, -0.25) is 0 Å². The molecule has 0 amide bonds. The first-order chi connectivity index (χ1) is 3.43. The van der Waals surface area contributed by atoms with Crippen molar-refractivity contribution in [1.82, 2.24) is 0 Å². The van der Waals surface area contributed by atoms with Crippen molar-refractivity contribution >= 4 is 0 Å². The summed E-state index contributed by atoms with van der Waals surface area (Å²) in [4.78, 5) is 0. The number of rotatable bonds is 1. The van der Waals surface area contributed by atoms with Crippen LogP contribution in [0.25, 0.3) is 0 Å². The third-order valence-corrected chi connectivity index (χ3v) is 0.770. The van der Waals surface area contributed by atoms with Crippen LogP contribution in [0.2, 0.25) is 0 Å². The SMILES string of the molecule is [O]=[V](=[O])([F])([F])([F])([F])([F])[O]F. The minimum atomic E-state index is -14.4. The minimum absolute atomic E-state index is 0.0981. The zero-order valence-corrected chi connectivity index (χ0v) is 5.34. The first kappa shape index (κ1) is 9.72. The molecule has 0 radical (unpaired) electrons. The molecular weight excluding hydrogens is 213 g/mol. The van der Waals surface area contributed by atoms with Crippen LogP contribution in [0.5, 0.6) is 0 Å². The molecule has 0 heterocycles. The van der Waals surface area contributed by atoms with E-state index < -0.39 is 12.2 Å². The maximum absolute atomic E-state index is 14.4. The van der Waals surface area contributed by atoms with Crippen molar-refractivity contribution in [3.05, 3.63) is 0 Å². The fraction of sp³-hybridized carbons (Fsp3) is 0. The summed E-state index contributed by atoms with van der Waals surface area (Å²) in [5, 5.41) is 0. The van der Waals surface area contributed by atoms with Crippen molar-refractivity contribution in [2.45, 2.75) is 0 Å². The topological polar surface area (TPSA) is 43.4 Å². The molecule has 0 aromatic carbocycles. The van der Waals surface area contributed by atoms with Gasteiger partial charge in [-0.25, -0.2) is 0 Å². The molecule has 0 aliphatic heterocycles. The molecule has 0 unspecified atom stereocenters. The third-order valence-electron chi connectivity index (χ3n) is 0.187. The van der Waals surface area contributed by atoms with Gasteiger partial charge in [0.25, 0.3) is 0 Å². The number of halogens is 6. The zero-order chi connectivity index (χ0) is 9.06. The second kappa shape index (κ2) is 0.631. The van der Waals surface area contributed by atoms with Crippen LogP contribution < -0.4 is 0 Å². The van der Waals surface area contributed by atoms with E-state index in [9.17, 15) is 21.6 Å². The Labute approximate surface area is 45.9 Å². The molecular formula is F6O3V. The second-order valence-corrected chi connectivity index (χ2v) is 8.11. The van der Waals surface area contributed by atoms with Gasteiger partial charge < -0.3 is 0 Å². The molecule has 0 saturated carbocycles. The molecule has 0 aliphatic rings. The van der Waals surface area contributed by atoms with Gasteiger partial charge >= 0.3 is 44.9 Å². The Morgan fingerprint density at radius 1 is 0.900 bits per heavy atom. The molecule has 10 heavy (non-hydrogen) atoms. The molecule has 0 spiro atoms. The van der Waals surface area contributed by atoms with E-state index in [1.165, 1.54) is 0 Å². The molecule has 0 bridgehead atoms. The van der Waals surface area contributed by atoms with E-state index in [0.717, 1.165) is 0 Å². The van der Waals surface area contributed by atoms with Gasteiger partial charge in [-0.2, -0.15) is 0 Å². The molecule has 0 aromatic rings. The van der Waals surface area contributed by atoms with Gasteiger partial charge in [0.2, 0.25) is 0 Å². The van der Waals surface area contributed by atoms with Gasteiger partial charge in [-0.05, 0) is 0 Å². The van der Waals surface area contributed by atoms with Crippen LogP contribution in [0.1, 0.15) is 0 Å². The van der Waals surface area contributed by atoms with Gasteiger partial charge in [-0.15, -0.1) is 0 Å². The average Bonchev–Trinajstić information content (AvgIpc) is 1.25. The Balaban J connectivity index is 6.56.